The van der Waals surface area contributed by atoms with Crippen molar-refractivity contribution in [3.8, 4) is 5.69 Å². The number of hydrogen-bond donors (Lipinski definition) is 2. The van der Waals surface area contributed by atoms with Gasteiger partial charge >= 0.3 is 6.03 Å². The van der Waals surface area contributed by atoms with Crippen LogP contribution in [0.1, 0.15) is 32.8 Å². The number of aromatic nitrogens is 3. The number of rotatable bonds is 5. The van der Waals surface area contributed by atoms with Crippen molar-refractivity contribution in [1.29, 1.82) is 0 Å². The summed E-state index contributed by atoms with van der Waals surface area (Å²) in [6.45, 7) is 6.76. The van der Waals surface area contributed by atoms with Gasteiger partial charge in [0.05, 0.1) is 11.3 Å². The Morgan fingerprint density at radius 2 is 2.20 bits per heavy atom. The maximum Gasteiger partial charge on any atom is 0.315 e. The molecule has 0 spiro atoms. The molecule has 1 aromatic carbocycles. The summed E-state index contributed by atoms with van der Waals surface area (Å²) in [7, 11) is 1.72. The molecule has 7 heteroatoms. The summed E-state index contributed by atoms with van der Waals surface area (Å²) in [5.41, 5.74) is 1.61. The molecule has 25 heavy (non-hydrogen) atoms. The van der Waals surface area contributed by atoms with Crippen molar-refractivity contribution in [2.45, 2.75) is 45.4 Å². The summed E-state index contributed by atoms with van der Waals surface area (Å²) in [5, 5.41) is 10.1. The molecule has 0 aliphatic heterocycles. The molecule has 1 aliphatic carbocycles. The Labute approximate surface area is 147 Å². The van der Waals surface area contributed by atoms with Gasteiger partial charge in [-0.25, -0.2) is 14.5 Å². The second-order valence-electron chi connectivity index (χ2n) is 7.25. The maximum absolute atomic E-state index is 12.2. The maximum atomic E-state index is 12.2. The highest BCUT2D eigenvalue weighted by Crippen LogP contribution is 2.51. The van der Waals surface area contributed by atoms with Crippen molar-refractivity contribution in [2.24, 2.45) is 5.41 Å². The average Bonchev–Trinajstić information content (AvgIpc) is 3.14. The largest absolute Gasteiger partial charge is 0.378 e. The Morgan fingerprint density at radius 3 is 2.84 bits per heavy atom. The Kier molecular flexibility index (Phi) is 4.51. The second kappa shape index (κ2) is 6.48. The van der Waals surface area contributed by atoms with Gasteiger partial charge in [-0.15, -0.1) is 0 Å². The molecule has 134 valence electrons. The fraction of sp³-hybridized carbons (Fsp3) is 0.500. The van der Waals surface area contributed by atoms with Gasteiger partial charge < -0.3 is 15.4 Å². The number of amides is 2. The smallest absolute Gasteiger partial charge is 0.315 e. The van der Waals surface area contributed by atoms with Crippen molar-refractivity contribution in [2.75, 3.05) is 7.11 Å². The predicted molar refractivity (Wildman–Crippen MR) is 94.3 cm³/mol. The first-order valence-corrected chi connectivity index (χ1v) is 8.39. The number of benzene rings is 1. The summed E-state index contributed by atoms with van der Waals surface area (Å²) in [5.74, 6) is 0. The standard InChI is InChI=1S/C18H25N5O2/c1-17(2)15(9-18(17,3)25-4)22-16(24)20-10-13-6-5-7-14(8-13)23-12-19-11-21-23/h5-8,11-12,15H,9-10H2,1-4H3,(H2,20,22,24)/t15-,18-/m1/s1. The van der Waals surface area contributed by atoms with E-state index in [0.29, 0.717) is 6.54 Å². The summed E-state index contributed by atoms with van der Waals surface area (Å²) in [6, 6.07) is 7.76. The molecule has 1 fully saturated rings. The second-order valence-corrected chi connectivity index (χ2v) is 7.25. The van der Waals surface area contributed by atoms with Crippen LogP contribution < -0.4 is 10.6 Å². The summed E-state index contributed by atoms with van der Waals surface area (Å²) in [4.78, 5) is 16.2. The monoisotopic (exact) mass is 343 g/mol. The zero-order valence-electron chi connectivity index (χ0n) is 15.1. The quantitative estimate of drug-likeness (QED) is 0.873. The van der Waals surface area contributed by atoms with Crippen LogP contribution in [0.25, 0.3) is 5.69 Å². The first-order valence-electron chi connectivity index (χ1n) is 8.39. The summed E-state index contributed by atoms with van der Waals surface area (Å²) < 4.78 is 7.28. The summed E-state index contributed by atoms with van der Waals surface area (Å²) >= 11 is 0. The van der Waals surface area contributed by atoms with Crippen molar-refractivity contribution in [3.05, 3.63) is 42.5 Å². The third kappa shape index (κ3) is 3.24. The lowest BCUT2D eigenvalue weighted by Gasteiger charge is -2.59. The van der Waals surface area contributed by atoms with Crippen LogP contribution in [0.5, 0.6) is 0 Å². The molecule has 3 rings (SSSR count). The molecule has 2 N–H and O–H groups in total. The number of nitrogens with zero attached hydrogens (tertiary/aromatic N) is 3. The third-order valence-electron chi connectivity index (χ3n) is 5.63. The van der Waals surface area contributed by atoms with E-state index in [1.165, 1.54) is 6.33 Å². The molecule has 0 radical (unpaired) electrons. The molecule has 7 nitrogen and oxygen atoms in total. The minimum absolute atomic E-state index is 0.0962. The van der Waals surface area contributed by atoms with E-state index in [9.17, 15) is 4.79 Å². The normalized spacial score (nSPS) is 24.4. The number of nitrogens with one attached hydrogen (secondary N) is 2. The van der Waals surface area contributed by atoms with E-state index >= 15 is 0 Å². The van der Waals surface area contributed by atoms with E-state index in [-0.39, 0.29) is 23.1 Å². The van der Waals surface area contributed by atoms with Crippen LogP contribution in [0.2, 0.25) is 0 Å². The molecule has 0 unspecified atom stereocenters. The lowest BCUT2D eigenvalue weighted by molar-refractivity contribution is -0.177. The van der Waals surface area contributed by atoms with Crippen LogP contribution in [0.4, 0.5) is 4.79 Å². The molecule has 0 bridgehead atoms. The van der Waals surface area contributed by atoms with Crippen LogP contribution in [0, 0.1) is 5.41 Å². The van der Waals surface area contributed by atoms with E-state index in [4.69, 9.17) is 4.74 Å². The molecule has 2 atom stereocenters. The Hall–Kier alpha value is -2.41. The topological polar surface area (TPSA) is 81.1 Å². The predicted octanol–water partition coefficient (Wildman–Crippen LogP) is 2.27. The first-order chi connectivity index (χ1) is 11.9. The fourth-order valence-electron chi connectivity index (χ4n) is 3.27. The fourth-order valence-corrected chi connectivity index (χ4v) is 3.27. The van der Waals surface area contributed by atoms with Gasteiger partial charge in [-0.3, -0.25) is 0 Å². The molecule has 1 saturated carbocycles. The molecule has 1 aromatic heterocycles. The minimum Gasteiger partial charge on any atom is -0.378 e. The van der Waals surface area contributed by atoms with E-state index < -0.39 is 0 Å². The van der Waals surface area contributed by atoms with Crippen molar-refractivity contribution in [3.63, 3.8) is 0 Å². The number of urea groups is 1. The van der Waals surface area contributed by atoms with Gasteiger partial charge in [-0.2, -0.15) is 5.10 Å². The van der Waals surface area contributed by atoms with Crippen molar-refractivity contribution < 1.29 is 9.53 Å². The average molecular weight is 343 g/mol. The van der Waals surface area contributed by atoms with Gasteiger partial charge in [0.25, 0.3) is 0 Å². The number of hydrogen-bond acceptors (Lipinski definition) is 4. The van der Waals surface area contributed by atoms with Gasteiger partial charge in [-0.1, -0.05) is 26.0 Å². The zero-order chi connectivity index (χ0) is 18.1. The van der Waals surface area contributed by atoms with Gasteiger partial charge in [0.2, 0.25) is 0 Å². The third-order valence-corrected chi connectivity index (χ3v) is 5.63. The first kappa shape index (κ1) is 17.4. The molecular weight excluding hydrogens is 318 g/mol. The molecule has 2 amide bonds. The van der Waals surface area contributed by atoms with Crippen molar-refractivity contribution >= 4 is 6.03 Å². The van der Waals surface area contributed by atoms with Crippen LogP contribution in [0.3, 0.4) is 0 Å². The van der Waals surface area contributed by atoms with Crippen LogP contribution >= 0.6 is 0 Å². The van der Waals surface area contributed by atoms with Crippen LogP contribution in [0.15, 0.2) is 36.9 Å². The van der Waals surface area contributed by atoms with Gasteiger partial charge in [0.15, 0.2) is 0 Å². The van der Waals surface area contributed by atoms with E-state index in [1.807, 2.05) is 24.3 Å². The van der Waals surface area contributed by atoms with Gasteiger partial charge in [0.1, 0.15) is 12.7 Å². The highest BCUT2D eigenvalue weighted by Gasteiger charge is 2.58. The summed E-state index contributed by atoms with van der Waals surface area (Å²) in [6.07, 6.45) is 3.95. The number of carbonyl (C=O) groups is 1. The molecular formula is C18H25N5O2. The number of ether oxygens (including phenoxy) is 1. The Morgan fingerprint density at radius 1 is 1.40 bits per heavy atom. The lowest BCUT2D eigenvalue weighted by atomic mass is 9.56. The van der Waals surface area contributed by atoms with Crippen LogP contribution in [-0.4, -0.2) is 39.5 Å². The van der Waals surface area contributed by atoms with Gasteiger partial charge in [0, 0.05) is 25.1 Å². The molecule has 0 saturated heterocycles. The lowest BCUT2D eigenvalue weighted by Crippen LogP contribution is -2.69. The SMILES string of the molecule is CO[C@]1(C)C[C@@H](NC(=O)NCc2cccc(-n3cncn3)c2)C1(C)C. The van der Waals surface area contributed by atoms with Gasteiger partial charge in [-0.05, 0) is 31.0 Å². The Balaban J connectivity index is 1.54. The van der Waals surface area contributed by atoms with Crippen molar-refractivity contribution in [1.82, 2.24) is 25.4 Å². The zero-order valence-corrected chi connectivity index (χ0v) is 15.1. The number of methoxy groups -OCH3 is 1. The van der Waals surface area contributed by atoms with Crippen LogP contribution in [-0.2, 0) is 11.3 Å². The van der Waals surface area contributed by atoms with E-state index in [2.05, 4.69) is 41.5 Å². The van der Waals surface area contributed by atoms with E-state index in [1.54, 1.807) is 18.1 Å². The molecule has 1 heterocycles. The number of carbonyl (C=O) groups excluding carboxylic acids is 1. The highest BCUT2D eigenvalue weighted by atomic mass is 16.5. The molecule has 2 aromatic rings. The van der Waals surface area contributed by atoms with E-state index in [0.717, 1.165) is 17.7 Å². The highest BCUT2D eigenvalue weighted by molar-refractivity contribution is 5.74. The molecule has 1 aliphatic rings. The minimum atomic E-state index is -0.197. The Bertz CT molecular complexity index is 744.